The molecule has 1 fully saturated rings. The van der Waals surface area contributed by atoms with Gasteiger partial charge in [-0.25, -0.2) is 9.37 Å². The van der Waals surface area contributed by atoms with E-state index in [9.17, 15) is 4.39 Å². The summed E-state index contributed by atoms with van der Waals surface area (Å²) in [6.07, 6.45) is 1.81. The largest absolute Gasteiger partial charge is 0.340 e. The number of aryl methyl sites for hydroxylation is 1. The highest BCUT2D eigenvalue weighted by Gasteiger charge is 2.14. The van der Waals surface area contributed by atoms with Crippen molar-refractivity contribution in [3.63, 3.8) is 0 Å². The van der Waals surface area contributed by atoms with Crippen molar-refractivity contribution in [2.45, 2.75) is 6.92 Å². The Labute approximate surface area is 111 Å². The monoisotopic (exact) mass is 260 g/mol. The number of rotatable bonds is 2. The summed E-state index contributed by atoms with van der Waals surface area (Å²) >= 11 is 0. The van der Waals surface area contributed by atoms with Gasteiger partial charge in [-0.1, -0.05) is 0 Å². The smallest absolute Gasteiger partial charge is 0.203 e. The van der Waals surface area contributed by atoms with Gasteiger partial charge in [0, 0.05) is 31.7 Å². The molecule has 19 heavy (non-hydrogen) atoms. The number of piperazine rings is 1. The highest BCUT2D eigenvalue weighted by Crippen LogP contribution is 2.22. The molecule has 0 unspecified atom stereocenters. The van der Waals surface area contributed by atoms with E-state index >= 15 is 0 Å². The lowest BCUT2D eigenvalue weighted by molar-refractivity contribution is 0.581. The number of aromatic amines is 1. The molecule has 0 spiro atoms. The Kier molecular flexibility index (Phi) is 3.21. The standard InChI is InChI=1S/C14H17FN4/c1-10-8-11(2-3-12(10)15)13-9-17-14(18-13)19-6-4-16-5-7-19/h2-3,8-9,16H,4-7H2,1H3,(H,17,18). The van der Waals surface area contributed by atoms with Crippen LogP contribution in [0.25, 0.3) is 11.3 Å². The van der Waals surface area contributed by atoms with Crippen LogP contribution in [0, 0.1) is 12.7 Å². The Hall–Kier alpha value is -1.88. The first kappa shape index (κ1) is 12.2. The molecular weight excluding hydrogens is 243 g/mol. The SMILES string of the molecule is Cc1cc(-c2cnc(N3CCNCC3)[nH]2)ccc1F. The quantitative estimate of drug-likeness (QED) is 0.867. The minimum atomic E-state index is -0.175. The van der Waals surface area contributed by atoms with Gasteiger partial charge in [0.15, 0.2) is 0 Å². The molecule has 1 aliphatic rings. The van der Waals surface area contributed by atoms with Crippen molar-refractivity contribution in [2.75, 3.05) is 31.1 Å². The fourth-order valence-corrected chi connectivity index (χ4v) is 2.31. The summed E-state index contributed by atoms with van der Waals surface area (Å²) in [6, 6.07) is 5.11. The van der Waals surface area contributed by atoms with Crippen molar-refractivity contribution >= 4 is 5.95 Å². The highest BCUT2D eigenvalue weighted by molar-refractivity contribution is 5.61. The number of halogens is 1. The van der Waals surface area contributed by atoms with Crippen LogP contribution in [-0.2, 0) is 0 Å². The number of nitrogens with zero attached hydrogens (tertiary/aromatic N) is 2. The lowest BCUT2D eigenvalue weighted by Gasteiger charge is -2.26. The Morgan fingerprint density at radius 3 is 2.79 bits per heavy atom. The summed E-state index contributed by atoms with van der Waals surface area (Å²) in [5, 5.41) is 3.31. The second kappa shape index (κ2) is 5.01. The van der Waals surface area contributed by atoms with E-state index in [0.717, 1.165) is 43.4 Å². The molecule has 1 aliphatic heterocycles. The first-order valence-corrected chi connectivity index (χ1v) is 6.51. The van der Waals surface area contributed by atoms with E-state index in [1.165, 1.54) is 6.07 Å². The normalized spacial score (nSPS) is 15.8. The molecular formula is C14H17FN4. The molecule has 0 saturated carbocycles. The van der Waals surface area contributed by atoms with Gasteiger partial charge in [-0.3, -0.25) is 0 Å². The van der Waals surface area contributed by atoms with Crippen molar-refractivity contribution in [1.29, 1.82) is 0 Å². The maximum Gasteiger partial charge on any atom is 0.203 e. The molecule has 1 aromatic carbocycles. The van der Waals surface area contributed by atoms with Gasteiger partial charge in [-0.05, 0) is 30.7 Å². The topological polar surface area (TPSA) is 44.0 Å². The van der Waals surface area contributed by atoms with E-state index in [0.29, 0.717) is 5.56 Å². The summed E-state index contributed by atoms with van der Waals surface area (Å²) in [4.78, 5) is 9.95. The molecule has 2 N–H and O–H groups in total. The van der Waals surface area contributed by atoms with Gasteiger partial charge >= 0.3 is 0 Å². The lowest BCUT2D eigenvalue weighted by atomic mass is 10.1. The Morgan fingerprint density at radius 1 is 1.26 bits per heavy atom. The van der Waals surface area contributed by atoms with E-state index in [4.69, 9.17) is 0 Å². The van der Waals surface area contributed by atoms with E-state index < -0.39 is 0 Å². The van der Waals surface area contributed by atoms with E-state index in [1.54, 1.807) is 13.0 Å². The molecule has 0 amide bonds. The molecule has 0 atom stereocenters. The maximum absolute atomic E-state index is 13.3. The van der Waals surface area contributed by atoms with Crippen molar-refractivity contribution in [3.8, 4) is 11.3 Å². The number of anilines is 1. The second-order valence-corrected chi connectivity index (χ2v) is 4.82. The van der Waals surface area contributed by atoms with Gasteiger partial charge in [-0.2, -0.15) is 0 Å². The van der Waals surface area contributed by atoms with Crippen LogP contribution in [0.5, 0.6) is 0 Å². The summed E-state index contributed by atoms with van der Waals surface area (Å²) in [5.41, 5.74) is 2.54. The van der Waals surface area contributed by atoms with Gasteiger partial charge in [0.2, 0.25) is 5.95 Å². The highest BCUT2D eigenvalue weighted by atomic mass is 19.1. The molecule has 3 rings (SSSR count). The zero-order valence-corrected chi connectivity index (χ0v) is 10.9. The Bertz CT molecular complexity index is 573. The third kappa shape index (κ3) is 2.46. The molecule has 0 radical (unpaired) electrons. The predicted octanol–water partition coefficient (Wildman–Crippen LogP) is 1.93. The molecule has 5 heteroatoms. The number of benzene rings is 1. The number of H-pyrrole nitrogens is 1. The van der Waals surface area contributed by atoms with Crippen molar-refractivity contribution in [3.05, 3.63) is 35.8 Å². The lowest BCUT2D eigenvalue weighted by Crippen LogP contribution is -2.44. The van der Waals surface area contributed by atoms with Crippen molar-refractivity contribution in [1.82, 2.24) is 15.3 Å². The average molecular weight is 260 g/mol. The van der Waals surface area contributed by atoms with Crippen molar-refractivity contribution < 1.29 is 4.39 Å². The molecule has 100 valence electrons. The zero-order valence-electron chi connectivity index (χ0n) is 10.9. The Balaban J connectivity index is 1.85. The summed E-state index contributed by atoms with van der Waals surface area (Å²) in [6.45, 7) is 5.63. The number of imidazole rings is 1. The van der Waals surface area contributed by atoms with Crippen LogP contribution in [0.3, 0.4) is 0 Å². The molecule has 0 aliphatic carbocycles. The van der Waals surface area contributed by atoms with Gasteiger partial charge in [0.05, 0.1) is 11.9 Å². The fraction of sp³-hybridized carbons (Fsp3) is 0.357. The van der Waals surface area contributed by atoms with Gasteiger partial charge in [0.25, 0.3) is 0 Å². The van der Waals surface area contributed by atoms with Crippen LogP contribution in [0.4, 0.5) is 10.3 Å². The van der Waals surface area contributed by atoms with Crippen LogP contribution in [0.2, 0.25) is 0 Å². The predicted molar refractivity (Wildman–Crippen MR) is 73.8 cm³/mol. The summed E-state index contributed by atoms with van der Waals surface area (Å²) in [7, 11) is 0. The number of hydrogen-bond donors (Lipinski definition) is 2. The maximum atomic E-state index is 13.3. The van der Waals surface area contributed by atoms with Crippen LogP contribution < -0.4 is 10.2 Å². The molecule has 1 aromatic heterocycles. The van der Waals surface area contributed by atoms with Gasteiger partial charge in [-0.15, -0.1) is 0 Å². The minimum absolute atomic E-state index is 0.175. The minimum Gasteiger partial charge on any atom is -0.340 e. The number of hydrogen-bond acceptors (Lipinski definition) is 3. The van der Waals surface area contributed by atoms with Crippen LogP contribution in [0.15, 0.2) is 24.4 Å². The van der Waals surface area contributed by atoms with E-state index in [2.05, 4.69) is 20.2 Å². The molecule has 2 heterocycles. The first-order valence-electron chi connectivity index (χ1n) is 6.51. The van der Waals surface area contributed by atoms with Gasteiger partial charge in [0.1, 0.15) is 5.82 Å². The third-order valence-electron chi connectivity index (χ3n) is 3.45. The fourth-order valence-electron chi connectivity index (χ4n) is 2.31. The molecule has 0 bridgehead atoms. The molecule has 4 nitrogen and oxygen atoms in total. The summed E-state index contributed by atoms with van der Waals surface area (Å²) < 4.78 is 13.3. The van der Waals surface area contributed by atoms with Crippen LogP contribution >= 0.6 is 0 Å². The summed E-state index contributed by atoms with van der Waals surface area (Å²) in [5.74, 6) is 0.712. The van der Waals surface area contributed by atoms with Crippen molar-refractivity contribution in [2.24, 2.45) is 0 Å². The molecule has 2 aromatic rings. The van der Waals surface area contributed by atoms with Gasteiger partial charge < -0.3 is 15.2 Å². The third-order valence-corrected chi connectivity index (χ3v) is 3.45. The van der Waals surface area contributed by atoms with E-state index in [-0.39, 0.29) is 5.82 Å². The zero-order chi connectivity index (χ0) is 13.2. The number of nitrogens with one attached hydrogen (secondary N) is 2. The average Bonchev–Trinajstić information content (AvgIpc) is 2.93. The van der Waals surface area contributed by atoms with Crippen LogP contribution in [0.1, 0.15) is 5.56 Å². The molecule has 1 saturated heterocycles. The second-order valence-electron chi connectivity index (χ2n) is 4.82. The Morgan fingerprint density at radius 2 is 2.05 bits per heavy atom. The number of aromatic nitrogens is 2. The van der Waals surface area contributed by atoms with Crippen LogP contribution in [-0.4, -0.2) is 36.1 Å². The van der Waals surface area contributed by atoms with E-state index in [1.807, 2.05) is 12.3 Å². The first-order chi connectivity index (χ1) is 9.24.